The molecule has 0 aromatic heterocycles. The normalized spacial score (nSPS) is 12.2. The minimum atomic E-state index is -0.334. The number of nitrogens with one attached hydrogen (secondary N) is 1. The van der Waals surface area contributed by atoms with Crippen LogP contribution in [0.3, 0.4) is 0 Å². The number of aliphatic hydroxyl groups excluding tert-OH is 1. The molecular formula is C12H16FNO2S. The third-order valence-electron chi connectivity index (χ3n) is 2.21. The Labute approximate surface area is 104 Å². The van der Waals surface area contributed by atoms with Crippen LogP contribution < -0.4 is 5.32 Å². The largest absolute Gasteiger partial charge is 0.395 e. The number of thioether (sulfide) groups is 1. The maximum absolute atomic E-state index is 13.2. The average Bonchev–Trinajstić information content (AvgIpc) is 2.31. The number of hydrogen-bond acceptors (Lipinski definition) is 3. The van der Waals surface area contributed by atoms with E-state index in [0.29, 0.717) is 11.3 Å². The van der Waals surface area contributed by atoms with Gasteiger partial charge in [0.05, 0.1) is 12.4 Å². The number of halogens is 1. The van der Waals surface area contributed by atoms with Gasteiger partial charge in [-0.3, -0.25) is 4.79 Å². The SMILES string of the molecule is Cc1ccc(NC(=O)CSC(C)CO)cc1F. The van der Waals surface area contributed by atoms with Crippen LogP contribution in [0.2, 0.25) is 0 Å². The number of carbonyl (C=O) groups is 1. The van der Waals surface area contributed by atoms with Gasteiger partial charge in [0.25, 0.3) is 0 Å². The van der Waals surface area contributed by atoms with Crippen molar-refractivity contribution in [2.45, 2.75) is 19.1 Å². The van der Waals surface area contributed by atoms with Crippen LogP contribution in [0.1, 0.15) is 12.5 Å². The molecule has 17 heavy (non-hydrogen) atoms. The lowest BCUT2D eigenvalue weighted by Crippen LogP contribution is -2.17. The van der Waals surface area contributed by atoms with Crippen molar-refractivity contribution in [3.05, 3.63) is 29.6 Å². The third kappa shape index (κ3) is 4.75. The maximum Gasteiger partial charge on any atom is 0.234 e. The van der Waals surface area contributed by atoms with E-state index in [1.807, 2.05) is 6.92 Å². The third-order valence-corrected chi connectivity index (χ3v) is 3.36. The number of hydrogen-bond donors (Lipinski definition) is 2. The van der Waals surface area contributed by atoms with Gasteiger partial charge in [-0.1, -0.05) is 13.0 Å². The van der Waals surface area contributed by atoms with Crippen molar-refractivity contribution in [2.75, 3.05) is 17.7 Å². The van der Waals surface area contributed by atoms with Crippen LogP contribution in [0.15, 0.2) is 18.2 Å². The fraction of sp³-hybridized carbons (Fsp3) is 0.417. The van der Waals surface area contributed by atoms with E-state index in [4.69, 9.17) is 5.11 Å². The topological polar surface area (TPSA) is 49.3 Å². The molecular weight excluding hydrogens is 241 g/mol. The summed E-state index contributed by atoms with van der Waals surface area (Å²) in [4.78, 5) is 11.5. The van der Waals surface area contributed by atoms with Gasteiger partial charge in [-0.15, -0.1) is 11.8 Å². The highest BCUT2D eigenvalue weighted by molar-refractivity contribution is 8.00. The smallest absolute Gasteiger partial charge is 0.234 e. The summed E-state index contributed by atoms with van der Waals surface area (Å²) < 4.78 is 13.2. The molecule has 1 amide bonds. The van der Waals surface area contributed by atoms with Gasteiger partial charge in [-0.25, -0.2) is 4.39 Å². The quantitative estimate of drug-likeness (QED) is 0.850. The van der Waals surface area contributed by atoms with Crippen molar-refractivity contribution in [1.82, 2.24) is 0 Å². The summed E-state index contributed by atoms with van der Waals surface area (Å²) in [6, 6.07) is 4.58. The van der Waals surface area contributed by atoms with Gasteiger partial charge in [0.2, 0.25) is 5.91 Å². The van der Waals surface area contributed by atoms with E-state index >= 15 is 0 Å². The highest BCUT2D eigenvalue weighted by atomic mass is 32.2. The number of benzene rings is 1. The summed E-state index contributed by atoms with van der Waals surface area (Å²) in [5.41, 5.74) is 1.00. The fourth-order valence-electron chi connectivity index (χ4n) is 1.14. The number of aryl methyl sites for hydroxylation is 1. The Bertz CT molecular complexity index is 398. The van der Waals surface area contributed by atoms with Crippen molar-refractivity contribution in [2.24, 2.45) is 0 Å². The Morgan fingerprint density at radius 2 is 2.29 bits per heavy atom. The number of amides is 1. The van der Waals surface area contributed by atoms with Crippen LogP contribution in [0.4, 0.5) is 10.1 Å². The van der Waals surface area contributed by atoms with E-state index in [9.17, 15) is 9.18 Å². The van der Waals surface area contributed by atoms with Crippen LogP contribution in [0.25, 0.3) is 0 Å². The molecule has 0 aliphatic rings. The molecule has 1 aromatic carbocycles. The van der Waals surface area contributed by atoms with Crippen LogP contribution in [-0.4, -0.2) is 28.6 Å². The summed E-state index contributed by atoms with van der Waals surface area (Å²) in [5.74, 6) is -0.283. The zero-order chi connectivity index (χ0) is 12.8. The molecule has 0 bridgehead atoms. The molecule has 0 aliphatic carbocycles. The molecule has 0 aliphatic heterocycles. The predicted molar refractivity (Wildman–Crippen MR) is 68.8 cm³/mol. The average molecular weight is 257 g/mol. The number of anilines is 1. The van der Waals surface area contributed by atoms with E-state index in [-0.39, 0.29) is 29.3 Å². The summed E-state index contributed by atoms with van der Waals surface area (Å²) in [6.45, 7) is 3.54. The lowest BCUT2D eigenvalue weighted by molar-refractivity contribution is -0.113. The second kappa shape index (κ2) is 6.61. The molecule has 0 saturated carbocycles. The summed E-state index contributed by atoms with van der Waals surface area (Å²) in [5, 5.41) is 11.4. The summed E-state index contributed by atoms with van der Waals surface area (Å²) in [7, 11) is 0. The molecule has 0 saturated heterocycles. The first-order chi connectivity index (χ1) is 8.02. The lowest BCUT2D eigenvalue weighted by atomic mass is 10.2. The van der Waals surface area contributed by atoms with Gasteiger partial charge in [-0.2, -0.15) is 0 Å². The van der Waals surface area contributed by atoms with Crippen LogP contribution in [0.5, 0.6) is 0 Å². The highest BCUT2D eigenvalue weighted by Gasteiger charge is 2.07. The lowest BCUT2D eigenvalue weighted by Gasteiger charge is -2.08. The van der Waals surface area contributed by atoms with E-state index in [1.54, 1.807) is 19.1 Å². The standard InChI is InChI=1S/C12H16FNO2S/c1-8-3-4-10(5-11(8)13)14-12(16)7-17-9(2)6-15/h3-5,9,15H,6-7H2,1-2H3,(H,14,16). The molecule has 94 valence electrons. The number of aliphatic hydroxyl groups is 1. The van der Waals surface area contributed by atoms with Gasteiger partial charge in [-0.05, 0) is 24.6 Å². The second-order valence-electron chi connectivity index (χ2n) is 3.82. The Balaban J connectivity index is 2.48. The molecule has 0 radical (unpaired) electrons. The second-order valence-corrected chi connectivity index (χ2v) is 5.24. The minimum Gasteiger partial charge on any atom is -0.395 e. The van der Waals surface area contributed by atoms with Crippen LogP contribution >= 0.6 is 11.8 Å². The van der Waals surface area contributed by atoms with Gasteiger partial charge < -0.3 is 10.4 Å². The monoisotopic (exact) mass is 257 g/mol. The molecule has 0 fully saturated rings. The fourth-order valence-corrected chi connectivity index (χ4v) is 1.75. The number of rotatable bonds is 5. The Morgan fingerprint density at radius 3 is 2.88 bits per heavy atom. The van der Waals surface area contributed by atoms with E-state index in [0.717, 1.165) is 0 Å². The molecule has 3 nitrogen and oxygen atoms in total. The molecule has 1 atom stereocenters. The van der Waals surface area contributed by atoms with Gasteiger partial charge >= 0.3 is 0 Å². The van der Waals surface area contributed by atoms with Crippen LogP contribution in [-0.2, 0) is 4.79 Å². The zero-order valence-electron chi connectivity index (χ0n) is 9.87. The Kier molecular flexibility index (Phi) is 5.44. The molecule has 5 heteroatoms. The molecule has 0 spiro atoms. The van der Waals surface area contributed by atoms with E-state index < -0.39 is 0 Å². The van der Waals surface area contributed by atoms with Crippen molar-refractivity contribution in [1.29, 1.82) is 0 Å². The van der Waals surface area contributed by atoms with Crippen LogP contribution in [0, 0.1) is 12.7 Å². The molecule has 1 rings (SSSR count). The zero-order valence-corrected chi connectivity index (χ0v) is 10.7. The molecule has 1 unspecified atom stereocenters. The van der Waals surface area contributed by atoms with E-state index in [1.165, 1.54) is 17.8 Å². The molecule has 2 N–H and O–H groups in total. The maximum atomic E-state index is 13.2. The molecule has 1 aromatic rings. The van der Waals surface area contributed by atoms with Crippen molar-refractivity contribution >= 4 is 23.4 Å². The van der Waals surface area contributed by atoms with Gasteiger partial charge in [0.1, 0.15) is 5.82 Å². The summed E-state index contributed by atoms with van der Waals surface area (Å²) in [6.07, 6.45) is 0. The Hall–Kier alpha value is -1.07. The number of carbonyl (C=O) groups excluding carboxylic acids is 1. The van der Waals surface area contributed by atoms with Gasteiger partial charge in [0.15, 0.2) is 0 Å². The van der Waals surface area contributed by atoms with Crippen molar-refractivity contribution in [3.63, 3.8) is 0 Å². The predicted octanol–water partition coefficient (Wildman–Crippen LogP) is 2.19. The van der Waals surface area contributed by atoms with Crippen molar-refractivity contribution < 1.29 is 14.3 Å². The molecule has 0 heterocycles. The highest BCUT2D eigenvalue weighted by Crippen LogP contribution is 2.15. The van der Waals surface area contributed by atoms with E-state index in [2.05, 4.69) is 5.32 Å². The first kappa shape index (κ1) is 14.0. The van der Waals surface area contributed by atoms with Crippen molar-refractivity contribution in [3.8, 4) is 0 Å². The first-order valence-corrected chi connectivity index (χ1v) is 6.36. The van der Waals surface area contributed by atoms with Gasteiger partial charge in [0, 0.05) is 10.9 Å². The first-order valence-electron chi connectivity index (χ1n) is 5.31. The summed E-state index contributed by atoms with van der Waals surface area (Å²) >= 11 is 1.36. The Morgan fingerprint density at radius 1 is 1.59 bits per heavy atom. The minimum absolute atomic E-state index is 0.0236.